The van der Waals surface area contributed by atoms with Gasteiger partial charge < -0.3 is 15.4 Å². The van der Waals surface area contributed by atoms with Crippen LogP contribution in [-0.4, -0.2) is 41.1 Å². The van der Waals surface area contributed by atoms with Gasteiger partial charge in [0.05, 0.1) is 12.3 Å². The number of nitrogens with one attached hydrogen (secondary N) is 2. The second-order valence-electron chi connectivity index (χ2n) is 5.55. The van der Waals surface area contributed by atoms with Crippen molar-refractivity contribution in [2.75, 3.05) is 25.6 Å². The Morgan fingerprint density at radius 1 is 1.15 bits per heavy atom. The molecule has 0 fully saturated rings. The third-order valence-electron chi connectivity index (χ3n) is 3.63. The minimum Gasteiger partial charge on any atom is -0.383 e. The van der Waals surface area contributed by atoms with Gasteiger partial charge in [0.2, 0.25) is 5.95 Å². The van der Waals surface area contributed by atoms with Crippen molar-refractivity contribution in [1.82, 2.24) is 20.3 Å². The summed E-state index contributed by atoms with van der Waals surface area (Å²) < 4.78 is 4.95. The van der Waals surface area contributed by atoms with E-state index in [1.54, 1.807) is 49.8 Å². The number of carbonyl (C=O) groups excluding carboxylic acids is 1. The molecule has 2 heterocycles. The van der Waals surface area contributed by atoms with Gasteiger partial charge in [-0.25, -0.2) is 9.97 Å². The van der Waals surface area contributed by atoms with Crippen LogP contribution in [0, 0.1) is 0 Å². The average molecular weight is 384 g/mol. The zero-order chi connectivity index (χ0) is 19.1. The molecule has 27 heavy (non-hydrogen) atoms. The van der Waals surface area contributed by atoms with Gasteiger partial charge in [0.25, 0.3) is 5.91 Å². The molecular formula is C19H18ClN5O2. The van der Waals surface area contributed by atoms with Gasteiger partial charge in [0.15, 0.2) is 0 Å². The third kappa shape index (κ3) is 4.99. The van der Waals surface area contributed by atoms with Gasteiger partial charge in [0.1, 0.15) is 5.69 Å². The maximum Gasteiger partial charge on any atom is 0.270 e. The van der Waals surface area contributed by atoms with Crippen LogP contribution in [0.15, 0.2) is 54.9 Å². The Bertz CT molecular complexity index is 935. The molecule has 1 aromatic carbocycles. The van der Waals surface area contributed by atoms with Crippen molar-refractivity contribution in [3.8, 4) is 11.3 Å². The lowest BCUT2D eigenvalue weighted by atomic mass is 10.1. The molecule has 0 bridgehead atoms. The highest BCUT2D eigenvalue weighted by atomic mass is 35.5. The van der Waals surface area contributed by atoms with Crippen LogP contribution >= 0.6 is 11.6 Å². The molecule has 2 N–H and O–H groups in total. The summed E-state index contributed by atoms with van der Waals surface area (Å²) in [5.74, 6) is 0.106. The fourth-order valence-electron chi connectivity index (χ4n) is 2.41. The SMILES string of the molecule is COCCNC(=O)c1ncccc1-c1ccnc(Nc2cccc(Cl)c2)n1. The molecule has 1 amide bonds. The number of amides is 1. The summed E-state index contributed by atoms with van der Waals surface area (Å²) in [7, 11) is 1.58. The van der Waals surface area contributed by atoms with Crippen molar-refractivity contribution in [3.05, 3.63) is 65.6 Å². The summed E-state index contributed by atoms with van der Waals surface area (Å²) in [6.07, 6.45) is 3.19. The quantitative estimate of drug-likeness (QED) is 0.608. The van der Waals surface area contributed by atoms with Gasteiger partial charge in [-0.2, -0.15) is 0 Å². The van der Waals surface area contributed by atoms with Crippen LogP contribution in [0.25, 0.3) is 11.3 Å². The summed E-state index contributed by atoms with van der Waals surface area (Å²) in [5.41, 5.74) is 2.26. The van der Waals surface area contributed by atoms with Crippen LogP contribution in [0.4, 0.5) is 11.6 Å². The predicted molar refractivity (Wildman–Crippen MR) is 104 cm³/mol. The van der Waals surface area contributed by atoms with Crippen molar-refractivity contribution in [2.24, 2.45) is 0 Å². The lowest BCUT2D eigenvalue weighted by molar-refractivity contribution is 0.0933. The molecule has 0 radical (unpaired) electrons. The highest BCUT2D eigenvalue weighted by molar-refractivity contribution is 6.30. The minimum atomic E-state index is -0.286. The number of hydrogen-bond acceptors (Lipinski definition) is 6. The fourth-order valence-corrected chi connectivity index (χ4v) is 2.60. The summed E-state index contributed by atoms with van der Waals surface area (Å²) >= 11 is 6.00. The Labute approximate surface area is 161 Å². The summed E-state index contributed by atoms with van der Waals surface area (Å²) in [5, 5.41) is 6.48. The van der Waals surface area contributed by atoms with E-state index in [0.717, 1.165) is 5.69 Å². The van der Waals surface area contributed by atoms with Gasteiger partial charge in [-0.05, 0) is 36.4 Å². The van der Waals surface area contributed by atoms with Crippen molar-refractivity contribution in [1.29, 1.82) is 0 Å². The van der Waals surface area contributed by atoms with E-state index in [0.29, 0.717) is 41.1 Å². The zero-order valence-electron chi connectivity index (χ0n) is 14.6. The summed E-state index contributed by atoms with van der Waals surface area (Å²) in [6, 6.07) is 12.5. The van der Waals surface area contributed by atoms with E-state index in [9.17, 15) is 4.79 Å². The van der Waals surface area contributed by atoms with Crippen molar-refractivity contribution in [2.45, 2.75) is 0 Å². The first kappa shape index (κ1) is 18.8. The van der Waals surface area contributed by atoms with E-state index < -0.39 is 0 Å². The normalized spacial score (nSPS) is 10.4. The first-order valence-electron chi connectivity index (χ1n) is 8.25. The first-order valence-corrected chi connectivity index (χ1v) is 8.63. The number of aromatic nitrogens is 3. The van der Waals surface area contributed by atoms with Crippen LogP contribution in [0.5, 0.6) is 0 Å². The Kier molecular flexibility index (Phi) is 6.30. The number of ether oxygens (including phenoxy) is 1. The van der Waals surface area contributed by atoms with E-state index in [4.69, 9.17) is 16.3 Å². The smallest absolute Gasteiger partial charge is 0.270 e. The maximum atomic E-state index is 12.4. The van der Waals surface area contributed by atoms with E-state index in [-0.39, 0.29) is 5.91 Å². The van der Waals surface area contributed by atoms with Gasteiger partial charge in [-0.15, -0.1) is 0 Å². The summed E-state index contributed by atoms with van der Waals surface area (Å²) in [6.45, 7) is 0.825. The maximum absolute atomic E-state index is 12.4. The predicted octanol–water partition coefficient (Wildman–Crippen LogP) is 3.31. The molecule has 0 aliphatic carbocycles. The number of halogens is 1. The molecule has 8 heteroatoms. The number of anilines is 2. The van der Waals surface area contributed by atoms with Gasteiger partial charge in [-0.1, -0.05) is 17.7 Å². The second-order valence-corrected chi connectivity index (χ2v) is 5.99. The molecule has 0 aliphatic rings. The standard InChI is InChI=1S/C19H18ClN5O2/c1-27-11-10-22-18(26)17-15(6-3-8-21-17)16-7-9-23-19(25-16)24-14-5-2-4-13(20)12-14/h2-9,12H,10-11H2,1H3,(H,22,26)(H,23,24,25). The molecule has 138 valence electrons. The number of nitrogens with zero attached hydrogens (tertiary/aromatic N) is 3. The minimum absolute atomic E-state index is 0.286. The number of pyridine rings is 1. The second kappa shape index (κ2) is 9.07. The molecule has 3 aromatic rings. The molecule has 0 saturated carbocycles. The number of hydrogen-bond donors (Lipinski definition) is 2. The van der Waals surface area contributed by atoms with Crippen molar-refractivity contribution in [3.63, 3.8) is 0 Å². The molecular weight excluding hydrogens is 366 g/mol. The molecule has 0 atom stereocenters. The Balaban J connectivity index is 1.86. The van der Waals surface area contributed by atoms with Crippen LogP contribution in [0.2, 0.25) is 5.02 Å². The largest absolute Gasteiger partial charge is 0.383 e. The van der Waals surface area contributed by atoms with E-state index in [1.807, 2.05) is 12.1 Å². The van der Waals surface area contributed by atoms with Gasteiger partial charge in [-0.3, -0.25) is 9.78 Å². The Morgan fingerprint density at radius 3 is 2.85 bits per heavy atom. The Hall–Kier alpha value is -3.03. The van der Waals surface area contributed by atoms with Gasteiger partial charge in [0, 0.05) is 42.3 Å². The monoisotopic (exact) mass is 383 g/mol. The molecule has 2 aromatic heterocycles. The highest BCUT2D eigenvalue weighted by Crippen LogP contribution is 2.23. The van der Waals surface area contributed by atoms with E-state index in [1.165, 1.54) is 0 Å². The van der Waals surface area contributed by atoms with Crippen LogP contribution < -0.4 is 10.6 Å². The molecule has 3 rings (SSSR count). The lowest BCUT2D eigenvalue weighted by Gasteiger charge is -2.10. The molecule has 0 unspecified atom stereocenters. The molecule has 7 nitrogen and oxygen atoms in total. The first-order chi connectivity index (χ1) is 13.2. The van der Waals surface area contributed by atoms with Crippen LogP contribution in [0.3, 0.4) is 0 Å². The van der Waals surface area contributed by atoms with Crippen LogP contribution in [-0.2, 0) is 4.74 Å². The number of methoxy groups -OCH3 is 1. The fraction of sp³-hybridized carbons (Fsp3) is 0.158. The number of carbonyl (C=O) groups is 1. The van der Waals surface area contributed by atoms with Crippen molar-refractivity contribution >= 4 is 29.1 Å². The van der Waals surface area contributed by atoms with E-state index in [2.05, 4.69) is 25.6 Å². The Morgan fingerprint density at radius 2 is 2.04 bits per heavy atom. The number of benzene rings is 1. The van der Waals surface area contributed by atoms with E-state index >= 15 is 0 Å². The van der Waals surface area contributed by atoms with Crippen LogP contribution in [0.1, 0.15) is 10.5 Å². The third-order valence-corrected chi connectivity index (χ3v) is 3.86. The molecule has 0 spiro atoms. The molecule has 0 aliphatic heterocycles. The highest BCUT2D eigenvalue weighted by Gasteiger charge is 2.15. The summed E-state index contributed by atoms with van der Waals surface area (Å²) in [4.78, 5) is 25.4. The zero-order valence-corrected chi connectivity index (χ0v) is 15.4. The van der Waals surface area contributed by atoms with Crippen molar-refractivity contribution < 1.29 is 9.53 Å². The number of rotatable bonds is 7. The average Bonchev–Trinajstić information content (AvgIpc) is 2.68. The topological polar surface area (TPSA) is 89.0 Å². The molecule has 0 saturated heterocycles. The van der Waals surface area contributed by atoms with Gasteiger partial charge >= 0.3 is 0 Å². The lowest BCUT2D eigenvalue weighted by Crippen LogP contribution is -2.28.